The van der Waals surface area contributed by atoms with Crippen molar-refractivity contribution in [1.29, 1.82) is 0 Å². The number of aromatic nitrogens is 3. The van der Waals surface area contributed by atoms with Crippen LogP contribution in [0.15, 0.2) is 81.2 Å². The van der Waals surface area contributed by atoms with E-state index in [2.05, 4.69) is 15.3 Å². The number of oxazole rings is 2. The maximum atomic E-state index is 6.21. The van der Waals surface area contributed by atoms with Crippen LogP contribution in [0, 0.1) is 0 Å². The van der Waals surface area contributed by atoms with Crippen LogP contribution in [-0.4, -0.2) is 15.0 Å². The first-order valence-electron chi connectivity index (χ1n) is 9.38. The summed E-state index contributed by atoms with van der Waals surface area (Å²) < 4.78 is 12.1. The molecule has 0 radical (unpaired) electrons. The summed E-state index contributed by atoms with van der Waals surface area (Å²) in [4.78, 5) is 13.1. The van der Waals surface area contributed by atoms with Gasteiger partial charge in [0.05, 0.1) is 6.20 Å². The number of anilines is 1. The number of nitrogens with two attached hydrogens (primary N) is 1. The molecule has 7 nitrogen and oxygen atoms in total. The van der Waals surface area contributed by atoms with Crippen molar-refractivity contribution in [2.45, 2.75) is 18.9 Å². The molecule has 5 rings (SSSR count). The molecular formula is C22H18ClN5O2. The molecule has 0 bridgehead atoms. The molecule has 0 amide bonds. The lowest BCUT2D eigenvalue weighted by Gasteiger charge is -2.34. The zero-order valence-electron chi connectivity index (χ0n) is 16.1. The molecule has 0 saturated heterocycles. The summed E-state index contributed by atoms with van der Waals surface area (Å²) >= 11 is 6.12. The fraction of sp³-hybridized carbons (Fsp3) is 0.136. The molecule has 3 heterocycles. The van der Waals surface area contributed by atoms with Crippen LogP contribution >= 0.6 is 11.6 Å². The van der Waals surface area contributed by atoms with Crippen LogP contribution in [0.4, 0.5) is 6.01 Å². The number of allylic oxidation sites excluding steroid dienone is 2. The second-order valence-corrected chi connectivity index (χ2v) is 7.63. The van der Waals surface area contributed by atoms with Gasteiger partial charge >= 0.3 is 0 Å². The highest BCUT2D eigenvalue weighted by atomic mass is 35.5. The highest BCUT2D eigenvalue weighted by Crippen LogP contribution is 2.41. The molecule has 1 atom stereocenters. The Bertz CT molecular complexity index is 1290. The third-order valence-electron chi connectivity index (χ3n) is 5.20. The van der Waals surface area contributed by atoms with Gasteiger partial charge in [0.25, 0.3) is 6.01 Å². The second-order valence-electron chi connectivity index (χ2n) is 7.19. The number of nitrogens with one attached hydrogen (secondary N) is 1. The van der Waals surface area contributed by atoms with Gasteiger partial charge in [-0.1, -0.05) is 17.7 Å². The Morgan fingerprint density at radius 2 is 1.97 bits per heavy atom. The van der Waals surface area contributed by atoms with E-state index in [-0.39, 0.29) is 0 Å². The van der Waals surface area contributed by atoms with Crippen LogP contribution in [0.5, 0.6) is 0 Å². The Morgan fingerprint density at radius 3 is 2.80 bits per heavy atom. The van der Waals surface area contributed by atoms with Crippen molar-refractivity contribution in [3.63, 3.8) is 0 Å². The Balaban J connectivity index is 1.58. The maximum absolute atomic E-state index is 6.21. The number of hydrogen-bond acceptors (Lipinski definition) is 7. The first-order chi connectivity index (χ1) is 14.5. The van der Waals surface area contributed by atoms with E-state index in [0.717, 1.165) is 11.1 Å². The molecule has 0 fully saturated rings. The Morgan fingerprint density at radius 1 is 1.13 bits per heavy atom. The average molecular weight is 420 g/mol. The molecular weight excluding hydrogens is 402 g/mol. The summed E-state index contributed by atoms with van der Waals surface area (Å²) in [6.45, 7) is 1.99. The van der Waals surface area contributed by atoms with Gasteiger partial charge in [-0.3, -0.25) is 4.98 Å². The summed E-state index contributed by atoms with van der Waals surface area (Å²) in [5, 5.41) is 3.98. The topological polar surface area (TPSA) is 103 Å². The van der Waals surface area contributed by atoms with Crippen molar-refractivity contribution in [3.8, 4) is 11.3 Å². The standard InChI is InChI=1S/C22H18ClN5O2/c1-13-2-4-16(24)11-22(13,20-27-17-10-15(23)3-5-18(17)29-20)28-21-26-12-19(30-21)14-6-8-25-9-7-14/h2-10,12H,11,24H2,1H3,(H,26,28). The van der Waals surface area contributed by atoms with Crippen molar-refractivity contribution in [3.05, 3.63) is 83.3 Å². The molecule has 30 heavy (non-hydrogen) atoms. The van der Waals surface area contributed by atoms with E-state index in [1.165, 1.54) is 0 Å². The van der Waals surface area contributed by atoms with Gasteiger partial charge in [-0.15, -0.1) is 0 Å². The van der Waals surface area contributed by atoms with Gasteiger partial charge in [0.2, 0.25) is 5.89 Å². The molecule has 8 heteroatoms. The third-order valence-corrected chi connectivity index (χ3v) is 5.43. The van der Waals surface area contributed by atoms with Crippen LogP contribution in [0.1, 0.15) is 19.2 Å². The smallest absolute Gasteiger partial charge is 0.296 e. The predicted molar refractivity (Wildman–Crippen MR) is 115 cm³/mol. The number of halogens is 1. The van der Waals surface area contributed by atoms with Crippen molar-refractivity contribution >= 4 is 28.7 Å². The molecule has 1 aromatic carbocycles. The van der Waals surface area contributed by atoms with Crippen LogP contribution in [-0.2, 0) is 5.54 Å². The lowest BCUT2D eigenvalue weighted by atomic mass is 9.82. The highest BCUT2D eigenvalue weighted by molar-refractivity contribution is 6.31. The quantitative estimate of drug-likeness (QED) is 0.478. The zero-order valence-corrected chi connectivity index (χ0v) is 16.8. The van der Waals surface area contributed by atoms with Crippen LogP contribution in [0.2, 0.25) is 5.02 Å². The monoisotopic (exact) mass is 419 g/mol. The summed E-state index contributed by atoms with van der Waals surface area (Å²) in [5.74, 6) is 1.09. The molecule has 0 spiro atoms. The van der Waals surface area contributed by atoms with Crippen molar-refractivity contribution < 1.29 is 8.83 Å². The van der Waals surface area contributed by atoms with E-state index >= 15 is 0 Å². The third kappa shape index (κ3) is 3.13. The SMILES string of the molecule is CC1=CC=C(N)CC1(Nc1ncc(-c2ccncc2)o1)c1nc2cc(Cl)ccc2o1. The van der Waals surface area contributed by atoms with E-state index in [4.69, 9.17) is 31.2 Å². The Labute approximate surface area is 177 Å². The Kier molecular flexibility index (Phi) is 4.33. The fourth-order valence-corrected chi connectivity index (χ4v) is 3.73. The van der Waals surface area contributed by atoms with Crippen molar-refractivity contribution in [1.82, 2.24) is 15.0 Å². The molecule has 150 valence electrons. The largest absolute Gasteiger partial charge is 0.438 e. The van der Waals surface area contributed by atoms with Gasteiger partial charge in [-0.25, -0.2) is 9.97 Å². The number of hydrogen-bond donors (Lipinski definition) is 2. The van der Waals surface area contributed by atoms with Gasteiger partial charge in [0, 0.05) is 35.1 Å². The van der Waals surface area contributed by atoms with E-state index in [9.17, 15) is 0 Å². The Hall–Kier alpha value is -3.58. The number of rotatable bonds is 4. The minimum atomic E-state index is -0.843. The van der Waals surface area contributed by atoms with E-state index < -0.39 is 5.54 Å². The van der Waals surface area contributed by atoms with Gasteiger partial charge in [0.1, 0.15) is 11.1 Å². The van der Waals surface area contributed by atoms with Gasteiger partial charge in [-0.2, -0.15) is 0 Å². The average Bonchev–Trinajstić information content (AvgIpc) is 3.38. The molecule has 3 aromatic heterocycles. The predicted octanol–water partition coefficient (Wildman–Crippen LogP) is 5.03. The molecule has 1 aliphatic rings. The first-order valence-corrected chi connectivity index (χ1v) is 9.76. The minimum Gasteiger partial charge on any atom is -0.438 e. The second kappa shape index (κ2) is 7.03. The first kappa shape index (κ1) is 18.4. The van der Waals surface area contributed by atoms with Crippen LogP contribution in [0.3, 0.4) is 0 Å². The maximum Gasteiger partial charge on any atom is 0.296 e. The molecule has 0 aliphatic heterocycles. The minimum absolute atomic E-state index is 0.338. The van der Waals surface area contributed by atoms with Crippen molar-refractivity contribution in [2.75, 3.05) is 5.32 Å². The molecule has 1 aliphatic carbocycles. The fourth-order valence-electron chi connectivity index (χ4n) is 3.57. The zero-order chi connectivity index (χ0) is 20.7. The van der Waals surface area contributed by atoms with Crippen LogP contribution in [0.25, 0.3) is 22.4 Å². The number of pyridine rings is 1. The molecule has 3 N–H and O–H groups in total. The van der Waals surface area contributed by atoms with Crippen LogP contribution < -0.4 is 11.1 Å². The van der Waals surface area contributed by atoms with Crippen molar-refractivity contribution in [2.24, 2.45) is 5.73 Å². The van der Waals surface area contributed by atoms with E-state index in [1.807, 2.05) is 31.2 Å². The molecule has 0 saturated carbocycles. The molecule has 1 unspecified atom stereocenters. The summed E-state index contributed by atoms with van der Waals surface area (Å²) in [5.41, 5.74) is 9.22. The highest BCUT2D eigenvalue weighted by Gasteiger charge is 2.42. The lowest BCUT2D eigenvalue weighted by molar-refractivity contribution is 0.393. The number of benzene rings is 1. The normalized spacial score (nSPS) is 18.9. The number of nitrogens with zero attached hydrogens (tertiary/aromatic N) is 3. The lowest BCUT2D eigenvalue weighted by Crippen LogP contribution is -2.40. The summed E-state index contributed by atoms with van der Waals surface area (Å²) in [6.07, 6.45) is 9.35. The summed E-state index contributed by atoms with van der Waals surface area (Å²) in [7, 11) is 0. The molecule has 4 aromatic rings. The van der Waals surface area contributed by atoms with E-state index in [1.54, 1.807) is 36.8 Å². The van der Waals surface area contributed by atoms with E-state index in [0.29, 0.717) is 45.9 Å². The van der Waals surface area contributed by atoms with Gasteiger partial charge in [-0.05, 0) is 48.9 Å². The van der Waals surface area contributed by atoms with Gasteiger partial charge in [0.15, 0.2) is 11.3 Å². The van der Waals surface area contributed by atoms with Gasteiger partial charge < -0.3 is 19.9 Å². The summed E-state index contributed by atoms with van der Waals surface area (Å²) in [6, 6.07) is 9.39. The number of fused-ring (bicyclic) bond motifs is 1.